The second kappa shape index (κ2) is 3.08. The van der Waals surface area contributed by atoms with Crippen LogP contribution < -0.4 is 15.6 Å². The second-order valence-electron chi connectivity index (χ2n) is 2.94. The van der Waals surface area contributed by atoms with Crippen molar-refractivity contribution in [2.75, 3.05) is 18.5 Å². The van der Waals surface area contributed by atoms with E-state index in [1.165, 1.54) is 4.68 Å². The van der Waals surface area contributed by atoms with Gasteiger partial charge in [-0.15, -0.1) is 0 Å². The number of hydrogen-bond donors (Lipinski definition) is 1. The van der Waals surface area contributed by atoms with Gasteiger partial charge in [0.2, 0.25) is 0 Å². The van der Waals surface area contributed by atoms with Crippen LogP contribution in [0.3, 0.4) is 0 Å². The van der Waals surface area contributed by atoms with Gasteiger partial charge in [0.1, 0.15) is 5.69 Å². The minimum atomic E-state index is -0.139. The highest BCUT2D eigenvalue weighted by Gasteiger charge is 2.12. The molecule has 0 unspecified atom stereocenters. The molecule has 0 bridgehead atoms. The number of hydrogen-bond acceptors (Lipinski definition) is 4. The standard InChI is InChI=1S/C8H11N3O2/c1-11-8(12)7-6(5-10-11)13-4-2-3-9-7/h5,9H,2-4H2,1H3. The van der Waals surface area contributed by atoms with Crippen LogP contribution in [0.4, 0.5) is 5.69 Å². The van der Waals surface area contributed by atoms with Crippen molar-refractivity contribution >= 4 is 5.69 Å². The summed E-state index contributed by atoms with van der Waals surface area (Å²) in [5, 5.41) is 6.91. The van der Waals surface area contributed by atoms with Gasteiger partial charge in [-0.1, -0.05) is 0 Å². The maximum absolute atomic E-state index is 11.5. The first kappa shape index (κ1) is 8.10. The summed E-state index contributed by atoms with van der Waals surface area (Å²) in [5.41, 5.74) is 0.384. The zero-order valence-electron chi connectivity index (χ0n) is 7.41. The fraction of sp³-hybridized carbons (Fsp3) is 0.500. The summed E-state index contributed by atoms with van der Waals surface area (Å²) >= 11 is 0. The van der Waals surface area contributed by atoms with Crippen LogP contribution in [0.15, 0.2) is 11.0 Å². The van der Waals surface area contributed by atoms with Gasteiger partial charge in [0.15, 0.2) is 5.75 Å². The Morgan fingerprint density at radius 3 is 3.38 bits per heavy atom. The Bertz CT molecular complexity index is 372. The maximum Gasteiger partial charge on any atom is 0.293 e. The molecule has 13 heavy (non-hydrogen) atoms. The lowest BCUT2D eigenvalue weighted by molar-refractivity contribution is 0.320. The summed E-state index contributed by atoms with van der Waals surface area (Å²) in [7, 11) is 1.62. The highest BCUT2D eigenvalue weighted by atomic mass is 16.5. The number of fused-ring (bicyclic) bond motifs is 1. The van der Waals surface area contributed by atoms with Crippen molar-refractivity contribution in [2.45, 2.75) is 6.42 Å². The monoisotopic (exact) mass is 181 g/mol. The quantitative estimate of drug-likeness (QED) is 0.611. The minimum absolute atomic E-state index is 0.139. The Balaban J connectivity index is 2.54. The van der Waals surface area contributed by atoms with E-state index in [1.807, 2.05) is 0 Å². The van der Waals surface area contributed by atoms with Crippen molar-refractivity contribution in [1.82, 2.24) is 9.78 Å². The molecule has 0 aromatic carbocycles. The van der Waals surface area contributed by atoms with Gasteiger partial charge in [-0.25, -0.2) is 4.68 Å². The normalized spacial score (nSPS) is 15.2. The van der Waals surface area contributed by atoms with E-state index >= 15 is 0 Å². The van der Waals surface area contributed by atoms with E-state index in [0.29, 0.717) is 18.0 Å². The smallest absolute Gasteiger partial charge is 0.293 e. The third-order valence-electron chi connectivity index (χ3n) is 1.98. The molecule has 5 nitrogen and oxygen atoms in total. The van der Waals surface area contributed by atoms with Gasteiger partial charge in [-0.2, -0.15) is 5.10 Å². The molecule has 0 amide bonds. The molecule has 70 valence electrons. The zero-order valence-corrected chi connectivity index (χ0v) is 7.41. The summed E-state index contributed by atoms with van der Waals surface area (Å²) in [5.74, 6) is 0.556. The number of ether oxygens (including phenoxy) is 1. The summed E-state index contributed by atoms with van der Waals surface area (Å²) in [6.45, 7) is 1.40. The molecular weight excluding hydrogens is 170 g/mol. The Hall–Kier alpha value is -1.52. The van der Waals surface area contributed by atoms with Gasteiger partial charge >= 0.3 is 0 Å². The van der Waals surface area contributed by atoms with Crippen LogP contribution in [0.25, 0.3) is 0 Å². The van der Waals surface area contributed by atoms with Gasteiger partial charge in [0.25, 0.3) is 5.56 Å². The lowest BCUT2D eigenvalue weighted by Crippen LogP contribution is -2.23. The first-order chi connectivity index (χ1) is 6.29. The summed E-state index contributed by atoms with van der Waals surface area (Å²) < 4.78 is 6.64. The van der Waals surface area contributed by atoms with E-state index in [4.69, 9.17) is 4.74 Å². The van der Waals surface area contributed by atoms with Crippen molar-refractivity contribution in [1.29, 1.82) is 0 Å². The molecule has 0 saturated carbocycles. The van der Waals surface area contributed by atoms with Gasteiger partial charge in [0, 0.05) is 13.6 Å². The number of aromatic nitrogens is 2. The fourth-order valence-electron chi connectivity index (χ4n) is 1.26. The molecule has 0 radical (unpaired) electrons. The highest BCUT2D eigenvalue weighted by molar-refractivity contribution is 5.53. The molecule has 0 spiro atoms. The molecular formula is C8H11N3O2. The number of anilines is 1. The van der Waals surface area contributed by atoms with E-state index in [1.54, 1.807) is 13.2 Å². The average Bonchev–Trinajstić information content (AvgIpc) is 2.36. The van der Waals surface area contributed by atoms with Crippen LogP contribution in [-0.2, 0) is 7.05 Å². The Morgan fingerprint density at radius 1 is 1.69 bits per heavy atom. The van der Waals surface area contributed by atoms with E-state index < -0.39 is 0 Å². The largest absolute Gasteiger partial charge is 0.489 e. The molecule has 0 aliphatic carbocycles. The summed E-state index contributed by atoms with van der Waals surface area (Å²) in [4.78, 5) is 11.5. The SMILES string of the molecule is Cn1ncc2c(c1=O)NCCCO2. The molecule has 0 saturated heterocycles. The number of rotatable bonds is 0. The third-order valence-corrected chi connectivity index (χ3v) is 1.98. The molecule has 0 atom stereocenters. The predicted molar refractivity (Wildman–Crippen MR) is 48.1 cm³/mol. The first-order valence-corrected chi connectivity index (χ1v) is 4.22. The highest BCUT2D eigenvalue weighted by Crippen LogP contribution is 2.20. The maximum atomic E-state index is 11.5. The number of nitrogens with one attached hydrogen (secondary N) is 1. The summed E-state index contributed by atoms with van der Waals surface area (Å²) in [6.07, 6.45) is 2.47. The van der Waals surface area contributed by atoms with E-state index in [2.05, 4.69) is 10.4 Å². The predicted octanol–water partition coefficient (Wildman–Crippen LogP) is -0.0253. The zero-order chi connectivity index (χ0) is 9.26. The van der Waals surface area contributed by atoms with Crippen molar-refractivity contribution in [3.8, 4) is 5.75 Å². The van der Waals surface area contributed by atoms with Crippen LogP contribution in [-0.4, -0.2) is 22.9 Å². The lowest BCUT2D eigenvalue weighted by Gasteiger charge is -2.06. The molecule has 2 rings (SSSR count). The Labute approximate surface area is 75.3 Å². The molecule has 1 aromatic rings. The number of aryl methyl sites for hydroxylation is 1. The van der Waals surface area contributed by atoms with Gasteiger partial charge in [-0.05, 0) is 6.42 Å². The van der Waals surface area contributed by atoms with Gasteiger partial charge in [-0.3, -0.25) is 4.79 Å². The third kappa shape index (κ3) is 1.37. The first-order valence-electron chi connectivity index (χ1n) is 4.22. The molecule has 1 aromatic heterocycles. The molecule has 1 N–H and O–H groups in total. The van der Waals surface area contributed by atoms with E-state index in [-0.39, 0.29) is 5.56 Å². The van der Waals surface area contributed by atoms with Crippen molar-refractivity contribution in [3.05, 3.63) is 16.6 Å². The topological polar surface area (TPSA) is 56.2 Å². The Morgan fingerprint density at radius 2 is 2.54 bits per heavy atom. The minimum Gasteiger partial charge on any atom is -0.489 e. The van der Waals surface area contributed by atoms with Crippen LogP contribution in [0.2, 0.25) is 0 Å². The summed E-state index contributed by atoms with van der Waals surface area (Å²) in [6, 6.07) is 0. The Kier molecular flexibility index (Phi) is 1.92. The van der Waals surface area contributed by atoms with Crippen LogP contribution in [0, 0.1) is 0 Å². The van der Waals surface area contributed by atoms with Gasteiger partial charge < -0.3 is 10.1 Å². The van der Waals surface area contributed by atoms with E-state index in [0.717, 1.165) is 13.0 Å². The lowest BCUT2D eigenvalue weighted by atomic mass is 10.4. The van der Waals surface area contributed by atoms with Crippen molar-refractivity contribution in [2.24, 2.45) is 7.05 Å². The number of nitrogens with zero attached hydrogens (tertiary/aromatic N) is 2. The van der Waals surface area contributed by atoms with Crippen LogP contribution >= 0.6 is 0 Å². The van der Waals surface area contributed by atoms with Crippen molar-refractivity contribution in [3.63, 3.8) is 0 Å². The van der Waals surface area contributed by atoms with Crippen LogP contribution in [0.5, 0.6) is 5.75 Å². The van der Waals surface area contributed by atoms with Crippen LogP contribution in [0.1, 0.15) is 6.42 Å². The fourth-order valence-corrected chi connectivity index (χ4v) is 1.26. The average molecular weight is 181 g/mol. The van der Waals surface area contributed by atoms with Gasteiger partial charge in [0.05, 0.1) is 12.8 Å². The second-order valence-corrected chi connectivity index (χ2v) is 2.94. The molecule has 0 fully saturated rings. The van der Waals surface area contributed by atoms with Crippen molar-refractivity contribution < 1.29 is 4.74 Å². The molecule has 1 aliphatic rings. The van der Waals surface area contributed by atoms with E-state index in [9.17, 15) is 4.79 Å². The molecule has 1 aliphatic heterocycles. The molecule has 2 heterocycles. The molecule has 5 heteroatoms.